The summed E-state index contributed by atoms with van der Waals surface area (Å²) < 4.78 is 6.68. The second-order valence-electron chi connectivity index (χ2n) is 9.86. The molecular formula is C27H38ClN4O2+. The summed E-state index contributed by atoms with van der Waals surface area (Å²) in [5, 5.41) is 3.90. The first-order valence-electron chi connectivity index (χ1n) is 12.5. The second-order valence-corrected chi connectivity index (χ2v) is 10.3. The van der Waals surface area contributed by atoms with Gasteiger partial charge in [0.25, 0.3) is 0 Å². The third-order valence-electron chi connectivity index (χ3n) is 7.59. The number of carbonyl (C=O) groups excluding carboxylic acids is 1. The van der Waals surface area contributed by atoms with E-state index in [1.165, 1.54) is 30.5 Å². The summed E-state index contributed by atoms with van der Waals surface area (Å²) in [5.74, 6) is 0.902. The SMILES string of the molecule is COc1ccc(NC(=O)N2CCN(c3cc(Cl)ccc3C)CC2)cc1[N+]1(C(C)C)CCCCC1. The van der Waals surface area contributed by atoms with Gasteiger partial charge in [-0.1, -0.05) is 17.7 Å². The number of halogens is 1. The van der Waals surface area contributed by atoms with Crippen LogP contribution in [0.2, 0.25) is 5.02 Å². The molecule has 0 aliphatic carbocycles. The summed E-state index contributed by atoms with van der Waals surface area (Å²) in [4.78, 5) is 17.3. The molecular weight excluding hydrogens is 448 g/mol. The minimum Gasteiger partial charge on any atom is -0.491 e. The van der Waals surface area contributed by atoms with Crippen LogP contribution >= 0.6 is 11.6 Å². The van der Waals surface area contributed by atoms with Gasteiger partial charge in [0.1, 0.15) is 0 Å². The van der Waals surface area contributed by atoms with Crippen LogP contribution in [0, 0.1) is 6.92 Å². The molecule has 2 aliphatic heterocycles. The molecule has 6 nitrogen and oxygen atoms in total. The van der Waals surface area contributed by atoms with E-state index in [9.17, 15) is 4.79 Å². The number of rotatable bonds is 5. The molecule has 0 spiro atoms. The Morgan fingerprint density at radius 1 is 1.03 bits per heavy atom. The molecule has 0 radical (unpaired) electrons. The highest BCUT2D eigenvalue weighted by molar-refractivity contribution is 6.30. The lowest BCUT2D eigenvalue weighted by Gasteiger charge is -2.45. The number of piperidine rings is 1. The van der Waals surface area contributed by atoms with Crippen molar-refractivity contribution in [2.75, 3.05) is 56.6 Å². The Labute approximate surface area is 209 Å². The van der Waals surface area contributed by atoms with Crippen molar-refractivity contribution in [3.05, 3.63) is 47.0 Å². The van der Waals surface area contributed by atoms with Crippen LogP contribution in [0.15, 0.2) is 36.4 Å². The maximum absolute atomic E-state index is 13.1. The zero-order valence-electron chi connectivity index (χ0n) is 20.9. The van der Waals surface area contributed by atoms with Crippen molar-refractivity contribution in [1.82, 2.24) is 9.38 Å². The Bertz CT molecular complexity index is 1010. The molecule has 2 aromatic rings. The lowest BCUT2D eigenvalue weighted by atomic mass is 10.0. The zero-order chi connectivity index (χ0) is 24.3. The summed E-state index contributed by atoms with van der Waals surface area (Å²) in [6, 6.07) is 12.5. The molecule has 0 saturated carbocycles. The van der Waals surface area contributed by atoms with Crippen LogP contribution in [-0.2, 0) is 0 Å². The standard InChI is InChI=1S/C27H37ClN4O2/c1-20(2)32(16-6-5-7-17-32)25-19-23(10-11-26(25)34-4)29-27(33)31-14-12-30(13-15-31)24-18-22(28)9-8-21(24)3/h8-11,18-20H,5-7,12-17H2,1-4H3/p+1. The van der Waals surface area contributed by atoms with Crippen molar-refractivity contribution < 1.29 is 9.53 Å². The summed E-state index contributed by atoms with van der Waals surface area (Å²) in [5.41, 5.74) is 4.36. The van der Waals surface area contributed by atoms with Crippen LogP contribution < -0.4 is 19.4 Å². The van der Waals surface area contributed by atoms with Crippen molar-refractivity contribution in [1.29, 1.82) is 0 Å². The smallest absolute Gasteiger partial charge is 0.321 e. The van der Waals surface area contributed by atoms with Crippen LogP contribution in [0.1, 0.15) is 38.7 Å². The molecule has 1 N–H and O–H groups in total. The number of ether oxygens (including phenoxy) is 1. The highest BCUT2D eigenvalue weighted by Gasteiger charge is 2.38. The molecule has 34 heavy (non-hydrogen) atoms. The first kappa shape index (κ1) is 24.7. The van der Waals surface area contributed by atoms with E-state index in [-0.39, 0.29) is 6.03 Å². The molecule has 2 fully saturated rings. The van der Waals surface area contributed by atoms with Gasteiger partial charge in [0.2, 0.25) is 0 Å². The number of nitrogens with zero attached hydrogens (tertiary/aromatic N) is 3. The van der Waals surface area contributed by atoms with Crippen molar-refractivity contribution in [3.63, 3.8) is 0 Å². The normalized spacial score (nSPS) is 18.2. The van der Waals surface area contributed by atoms with Crippen LogP contribution in [0.3, 0.4) is 0 Å². The third-order valence-corrected chi connectivity index (χ3v) is 7.83. The lowest BCUT2D eigenvalue weighted by molar-refractivity contribution is 0.181. The summed E-state index contributed by atoms with van der Waals surface area (Å²) in [7, 11) is 1.74. The first-order valence-corrected chi connectivity index (χ1v) is 12.8. The van der Waals surface area contributed by atoms with Gasteiger partial charge in [-0.05, 0) is 69.9 Å². The van der Waals surface area contributed by atoms with Gasteiger partial charge in [0, 0.05) is 48.6 Å². The molecule has 2 heterocycles. The number of urea groups is 1. The van der Waals surface area contributed by atoms with Gasteiger partial charge in [-0.25, -0.2) is 4.79 Å². The van der Waals surface area contributed by atoms with Gasteiger partial charge < -0.3 is 19.9 Å². The summed E-state index contributed by atoms with van der Waals surface area (Å²) in [6.45, 7) is 11.8. The highest BCUT2D eigenvalue weighted by atomic mass is 35.5. The fourth-order valence-electron chi connectivity index (χ4n) is 5.50. The fraction of sp³-hybridized carbons (Fsp3) is 0.519. The van der Waals surface area contributed by atoms with E-state index in [4.69, 9.17) is 16.3 Å². The van der Waals surface area contributed by atoms with Crippen LogP contribution in [-0.4, -0.2) is 63.4 Å². The van der Waals surface area contributed by atoms with Gasteiger partial charge in [0.15, 0.2) is 11.4 Å². The Kier molecular flexibility index (Phi) is 7.58. The van der Waals surface area contributed by atoms with Crippen LogP contribution in [0.5, 0.6) is 5.75 Å². The van der Waals surface area contributed by atoms with Crippen LogP contribution in [0.25, 0.3) is 0 Å². The molecule has 0 atom stereocenters. The molecule has 0 aromatic heterocycles. The van der Waals surface area contributed by atoms with Gasteiger partial charge in [-0.15, -0.1) is 0 Å². The van der Waals surface area contributed by atoms with E-state index < -0.39 is 0 Å². The van der Waals surface area contributed by atoms with Crippen LogP contribution in [0.4, 0.5) is 21.9 Å². The number of quaternary nitrogens is 1. The second kappa shape index (κ2) is 10.4. The molecule has 2 aliphatic rings. The highest BCUT2D eigenvalue weighted by Crippen LogP contribution is 2.40. The average Bonchev–Trinajstić information content (AvgIpc) is 2.86. The predicted octanol–water partition coefficient (Wildman–Crippen LogP) is 5.91. The molecule has 2 amide bonds. The largest absolute Gasteiger partial charge is 0.491 e. The van der Waals surface area contributed by atoms with E-state index in [0.717, 1.165) is 52.8 Å². The number of carbonyl (C=O) groups is 1. The monoisotopic (exact) mass is 485 g/mol. The fourth-order valence-corrected chi connectivity index (χ4v) is 5.67. The van der Waals surface area contributed by atoms with Crippen molar-refractivity contribution in [2.45, 2.75) is 46.1 Å². The Hall–Kier alpha value is -2.44. The van der Waals surface area contributed by atoms with Crippen molar-refractivity contribution in [2.24, 2.45) is 0 Å². The Morgan fingerprint density at radius 3 is 2.38 bits per heavy atom. The minimum absolute atomic E-state index is 0.0478. The number of benzene rings is 2. The summed E-state index contributed by atoms with van der Waals surface area (Å²) >= 11 is 6.21. The number of piperazine rings is 1. The van der Waals surface area contributed by atoms with E-state index >= 15 is 0 Å². The molecule has 0 bridgehead atoms. The molecule has 4 rings (SSSR count). The minimum atomic E-state index is -0.0478. The number of likely N-dealkylation sites (tertiary alicyclic amines) is 1. The first-order chi connectivity index (χ1) is 16.3. The summed E-state index contributed by atoms with van der Waals surface area (Å²) in [6.07, 6.45) is 3.72. The van der Waals surface area contributed by atoms with E-state index in [1.807, 2.05) is 35.2 Å². The molecule has 0 unspecified atom stereocenters. The average molecular weight is 486 g/mol. The molecule has 7 heteroatoms. The number of anilines is 2. The van der Waals surface area contributed by atoms with E-state index in [0.29, 0.717) is 19.1 Å². The van der Waals surface area contributed by atoms with Gasteiger partial charge in [-0.3, -0.25) is 4.48 Å². The zero-order valence-corrected chi connectivity index (χ0v) is 21.7. The lowest BCUT2D eigenvalue weighted by Crippen LogP contribution is -2.57. The molecule has 2 saturated heterocycles. The third kappa shape index (κ3) is 4.98. The van der Waals surface area contributed by atoms with Gasteiger partial charge >= 0.3 is 6.03 Å². The van der Waals surface area contributed by atoms with Crippen molar-refractivity contribution in [3.8, 4) is 5.75 Å². The maximum atomic E-state index is 13.1. The Balaban J connectivity index is 1.46. The number of hydrogen-bond acceptors (Lipinski definition) is 3. The number of nitrogens with one attached hydrogen (secondary N) is 1. The number of methoxy groups -OCH3 is 1. The molecule has 184 valence electrons. The van der Waals surface area contributed by atoms with Gasteiger partial charge in [0.05, 0.1) is 26.2 Å². The topological polar surface area (TPSA) is 44.8 Å². The predicted molar refractivity (Wildman–Crippen MR) is 143 cm³/mol. The molecule has 2 aromatic carbocycles. The Morgan fingerprint density at radius 2 is 1.74 bits per heavy atom. The van der Waals surface area contributed by atoms with E-state index in [2.05, 4.69) is 37.1 Å². The van der Waals surface area contributed by atoms with Crippen molar-refractivity contribution >= 4 is 34.7 Å². The number of amides is 2. The van der Waals surface area contributed by atoms with E-state index in [1.54, 1.807) is 7.11 Å². The number of hydrogen-bond donors (Lipinski definition) is 1. The van der Waals surface area contributed by atoms with Gasteiger partial charge in [-0.2, -0.15) is 0 Å². The maximum Gasteiger partial charge on any atom is 0.321 e. The number of aryl methyl sites for hydroxylation is 1. The quantitative estimate of drug-likeness (QED) is 0.535.